The molecular formula is C16H23BrO2. The van der Waals surface area contributed by atoms with Crippen LogP contribution in [0.15, 0.2) is 28.7 Å². The highest BCUT2D eigenvalue weighted by Crippen LogP contribution is 2.12. The van der Waals surface area contributed by atoms with Gasteiger partial charge in [0.15, 0.2) is 5.78 Å². The van der Waals surface area contributed by atoms with Crippen LogP contribution >= 0.6 is 15.9 Å². The molecule has 0 saturated carbocycles. The molecule has 0 atom stereocenters. The first-order valence-corrected chi connectivity index (χ1v) is 7.90. The lowest BCUT2D eigenvalue weighted by atomic mass is 10.1. The molecule has 1 aromatic rings. The number of ketones is 1. The number of ether oxygens (including phenoxy) is 1. The lowest BCUT2D eigenvalue weighted by Crippen LogP contribution is -2.09. The maximum absolute atomic E-state index is 11.8. The number of unbranched alkanes of at least 4 members (excludes halogenated alkanes) is 5. The molecule has 0 aliphatic carbocycles. The van der Waals surface area contributed by atoms with Gasteiger partial charge in [-0.1, -0.05) is 67.1 Å². The van der Waals surface area contributed by atoms with Crippen molar-refractivity contribution < 1.29 is 9.53 Å². The van der Waals surface area contributed by atoms with Gasteiger partial charge in [-0.25, -0.2) is 0 Å². The number of carbonyl (C=O) groups excluding carboxylic acids is 1. The molecule has 0 aliphatic heterocycles. The predicted octanol–water partition coefficient (Wildman–Crippen LogP) is 5.01. The molecule has 1 rings (SSSR count). The molecule has 0 heterocycles. The number of hydrogen-bond acceptors (Lipinski definition) is 2. The Bertz CT molecular complexity index is 377. The van der Waals surface area contributed by atoms with Crippen LogP contribution in [0.1, 0.15) is 55.8 Å². The Balaban J connectivity index is 2.08. The molecule has 0 amide bonds. The van der Waals surface area contributed by atoms with Crippen LogP contribution in [0.25, 0.3) is 0 Å². The fourth-order valence-electron chi connectivity index (χ4n) is 1.89. The van der Waals surface area contributed by atoms with Crippen LogP contribution in [-0.4, -0.2) is 19.0 Å². The summed E-state index contributed by atoms with van der Waals surface area (Å²) in [6.07, 6.45) is 7.44. The third kappa shape index (κ3) is 7.48. The Morgan fingerprint density at radius 1 is 1.16 bits per heavy atom. The lowest BCUT2D eigenvalue weighted by Gasteiger charge is -2.04. The maximum Gasteiger partial charge on any atom is 0.188 e. The molecule has 0 bridgehead atoms. The number of hydrogen-bond donors (Lipinski definition) is 0. The summed E-state index contributed by atoms with van der Waals surface area (Å²) in [6.45, 7) is 3.09. The van der Waals surface area contributed by atoms with Gasteiger partial charge < -0.3 is 4.74 Å². The summed E-state index contributed by atoms with van der Waals surface area (Å²) in [5.74, 6) is 0.0484. The Morgan fingerprint density at radius 2 is 1.89 bits per heavy atom. The first-order valence-electron chi connectivity index (χ1n) is 7.10. The van der Waals surface area contributed by atoms with Crippen LogP contribution in [0.4, 0.5) is 0 Å². The number of halogens is 1. The first kappa shape index (κ1) is 16.4. The summed E-state index contributed by atoms with van der Waals surface area (Å²) in [5, 5.41) is 0. The second-order valence-corrected chi connectivity index (χ2v) is 5.67. The topological polar surface area (TPSA) is 26.3 Å². The Labute approximate surface area is 124 Å². The molecule has 0 N–H and O–H groups in total. The van der Waals surface area contributed by atoms with Crippen molar-refractivity contribution in [2.75, 3.05) is 13.2 Å². The van der Waals surface area contributed by atoms with Gasteiger partial charge in [0.1, 0.15) is 6.61 Å². The van der Waals surface area contributed by atoms with E-state index >= 15 is 0 Å². The van der Waals surface area contributed by atoms with E-state index in [0.29, 0.717) is 12.2 Å². The van der Waals surface area contributed by atoms with Crippen LogP contribution < -0.4 is 0 Å². The molecular weight excluding hydrogens is 304 g/mol. The minimum atomic E-state index is 0.0484. The predicted molar refractivity (Wildman–Crippen MR) is 82.7 cm³/mol. The maximum atomic E-state index is 11.8. The van der Waals surface area contributed by atoms with Gasteiger partial charge in [0, 0.05) is 16.6 Å². The summed E-state index contributed by atoms with van der Waals surface area (Å²) < 4.78 is 6.36. The molecule has 0 aliphatic rings. The first-order chi connectivity index (χ1) is 9.24. The van der Waals surface area contributed by atoms with Gasteiger partial charge in [-0.3, -0.25) is 4.79 Å². The van der Waals surface area contributed by atoms with Gasteiger partial charge in [-0.2, -0.15) is 0 Å². The van der Waals surface area contributed by atoms with Gasteiger partial charge in [0.2, 0.25) is 0 Å². The molecule has 0 saturated heterocycles. The van der Waals surface area contributed by atoms with Gasteiger partial charge >= 0.3 is 0 Å². The Hall–Kier alpha value is -0.670. The zero-order chi connectivity index (χ0) is 13.9. The molecule has 0 spiro atoms. The molecule has 106 valence electrons. The number of carbonyl (C=O) groups is 1. The van der Waals surface area contributed by atoms with Gasteiger partial charge in [-0.05, 0) is 18.6 Å². The molecule has 0 unspecified atom stereocenters. The molecule has 0 aromatic heterocycles. The Kier molecular flexibility index (Phi) is 8.76. The van der Waals surface area contributed by atoms with E-state index in [4.69, 9.17) is 4.74 Å². The smallest absolute Gasteiger partial charge is 0.188 e. The average molecular weight is 327 g/mol. The van der Waals surface area contributed by atoms with Crippen molar-refractivity contribution in [3.63, 3.8) is 0 Å². The molecule has 19 heavy (non-hydrogen) atoms. The van der Waals surface area contributed by atoms with Crippen molar-refractivity contribution in [3.8, 4) is 0 Å². The van der Waals surface area contributed by atoms with E-state index in [1.165, 1.54) is 32.1 Å². The zero-order valence-electron chi connectivity index (χ0n) is 11.7. The zero-order valence-corrected chi connectivity index (χ0v) is 13.2. The van der Waals surface area contributed by atoms with E-state index < -0.39 is 0 Å². The van der Waals surface area contributed by atoms with Gasteiger partial charge in [-0.15, -0.1) is 0 Å². The Morgan fingerprint density at radius 3 is 2.63 bits per heavy atom. The lowest BCUT2D eigenvalue weighted by molar-refractivity contribution is 0.0752. The van der Waals surface area contributed by atoms with Gasteiger partial charge in [0.05, 0.1) is 0 Å². The normalized spacial score (nSPS) is 10.6. The van der Waals surface area contributed by atoms with E-state index in [9.17, 15) is 4.79 Å². The second kappa shape index (κ2) is 10.2. The van der Waals surface area contributed by atoms with Gasteiger partial charge in [0.25, 0.3) is 0 Å². The molecule has 1 aromatic carbocycles. The molecule has 3 heteroatoms. The summed E-state index contributed by atoms with van der Waals surface area (Å²) in [5.41, 5.74) is 0.706. The fraction of sp³-hybridized carbons (Fsp3) is 0.562. The fourth-order valence-corrected chi connectivity index (χ4v) is 2.29. The van der Waals surface area contributed by atoms with Crippen molar-refractivity contribution in [2.45, 2.75) is 45.4 Å². The SMILES string of the molecule is CCCCCCCCOCC(=O)c1cccc(Br)c1. The molecule has 0 fully saturated rings. The third-order valence-corrected chi connectivity index (χ3v) is 3.52. The second-order valence-electron chi connectivity index (χ2n) is 4.75. The van der Waals surface area contributed by atoms with Crippen LogP contribution in [0.2, 0.25) is 0 Å². The van der Waals surface area contributed by atoms with E-state index in [0.717, 1.165) is 10.9 Å². The third-order valence-electron chi connectivity index (χ3n) is 3.02. The molecule has 0 radical (unpaired) electrons. The number of Topliss-reactive ketones (excluding diaryl/α,β-unsaturated/α-hetero) is 1. The van der Waals surface area contributed by atoms with Crippen LogP contribution in [0, 0.1) is 0 Å². The standard InChI is InChI=1S/C16H23BrO2/c1-2-3-4-5-6-7-11-19-13-16(18)14-9-8-10-15(17)12-14/h8-10,12H,2-7,11,13H2,1H3. The summed E-state index contributed by atoms with van der Waals surface area (Å²) in [6, 6.07) is 7.43. The van der Waals surface area contributed by atoms with Crippen LogP contribution in [0.5, 0.6) is 0 Å². The summed E-state index contributed by atoms with van der Waals surface area (Å²) in [7, 11) is 0. The highest BCUT2D eigenvalue weighted by molar-refractivity contribution is 9.10. The summed E-state index contributed by atoms with van der Waals surface area (Å²) in [4.78, 5) is 11.8. The largest absolute Gasteiger partial charge is 0.373 e. The minimum Gasteiger partial charge on any atom is -0.373 e. The van der Waals surface area contributed by atoms with E-state index in [1.54, 1.807) is 0 Å². The van der Waals surface area contributed by atoms with E-state index in [2.05, 4.69) is 22.9 Å². The number of rotatable bonds is 10. The highest BCUT2D eigenvalue weighted by Gasteiger charge is 2.05. The number of benzene rings is 1. The molecule has 2 nitrogen and oxygen atoms in total. The van der Waals surface area contributed by atoms with Crippen molar-refractivity contribution in [2.24, 2.45) is 0 Å². The average Bonchev–Trinajstić information content (AvgIpc) is 2.41. The summed E-state index contributed by atoms with van der Waals surface area (Å²) >= 11 is 3.36. The quantitative estimate of drug-likeness (QED) is 0.446. The van der Waals surface area contributed by atoms with Crippen molar-refractivity contribution in [1.29, 1.82) is 0 Å². The van der Waals surface area contributed by atoms with E-state index in [-0.39, 0.29) is 12.4 Å². The van der Waals surface area contributed by atoms with Crippen molar-refractivity contribution >= 4 is 21.7 Å². The highest BCUT2D eigenvalue weighted by atomic mass is 79.9. The van der Waals surface area contributed by atoms with Crippen LogP contribution in [0.3, 0.4) is 0 Å². The monoisotopic (exact) mass is 326 g/mol. The van der Waals surface area contributed by atoms with Crippen molar-refractivity contribution in [1.82, 2.24) is 0 Å². The van der Waals surface area contributed by atoms with Crippen molar-refractivity contribution in [3.05, 3.63) is 34.3 Å². The van der Waals surface area contributed by atoms with Crippen LogP contribution in [-0.2, 0) is 4.74 Å². The minimum absolute atomic E-state index is 0.0484. The van der Waals surface area contributed by atoms with E-state index in [1.807, 2.05) is 24.3 Å².